The van der Waals surface area contributed by atoms with Gasteiger partial charge in [0.1, 0.15) is 45.8 Å². The standard InChI is InChI=1S/C30H26FNO7/c1-5-15-6-7-16-8-9-17(31)10-18(16)19(15)13-32-29(37)25-22(38-4)11-21(35)26-27(25)39-23-12-20(34)24(14(2)33)28(36)30(23,26)3/h6-12,24,35H,5,13H2,1-4H3,(H,32,37)/t24?,30-/m1/s1. The molecule has 3 aromatic rings. The lowest BCUT2D eigenvalue weighted by molar-refractivity contribution is -0.140. The monoisotopic (exact) mass is 531 g/mol. The van der Waals surface area contributed by atoms with Gasteiger partial charge in [-0.3, -0.25) is 19.2 Å². The van der Waals surface area contributed by atoms with Crippen molar-refractivity contribution in [2.75, 3.05) is 7.11 Å². The number of phenols is 1. The van der Waals surface area contributed by atoms with Gasteiger partial charge in [0.05, 0.1) is 12.7 Å². The fourth-order valence-electron chi connectivity index (χ4n) is 5.55. The minimum atomic E-state index is -1.66. The minimum absolute atomic E-state index is 0.0202. The number of benzene rings is 3. The smallest absolute Gasteiger partial charge is 0.259 e. The highest BCUT2D eigenvalue weighted by Crippen LogP contribution is 2.56. The second-order valence-electron chi connectivity index (χ2n) is 9.83. The molecule has 1 heterocycles. The molecule has 5 rings (SSSR count). The number of hydrogen-bond acceptors (Lipinski definition) is 7. The third-order valence-electron chi connectivity index (χ3n) is 7.59. The van der Waals surface area contributed by atoms with Gasteiger partial charge in [-0.2, -0.15) is 0 Å². The number of methoxy groups -OCH3 is 1. The number of fused-ring (bicyclic) bond motifs is 4. The summed E-state index contributed by atoms with van der Waals surface area (Å²) < 4.78 is 25.4. The summed E-state index contributed by atoms with van der Waals surface area (Å²) in [6, 6.07) is 9.48. The Morgan fingerprint density at radius 2 is 1.90 bits per heavy atom. The maximum absolute atomic E-state index is 14.1. The van der Waals surface area contributed by atoms with Gasteiger partial charge >= 0.3 is 0 Å². The number of amides is 1. The van der Waals surface area contributed by atoms with E-state index < -0.39 is 40.4 Å². The molecule has 1 aliphatic heterocycles. The molecule has 0 bridgehead atoms. The van der Waals surface area contributed by atoms with Gasteiger partial charge in [-0.25, -0.2) is 4.39 Å². The second kappa shape index (κ2) is 9.34. The first-order chi connectivity index (χ1) is 18.5. The minimum Gasteiger partial charge on any atom is -0.507 e. The number of hydrogen-bond donors (Lipinski definition) is 2. The van der Waals surface area contributed by atoms with Crippen LogP contribution in [-0.4, -0.2) is 35.5 Å². The van der Waals surface area contributed by atoms with E-state index in [1.54, 1.807) is 6.07 Å². The summed E-state index contributed by atoms with van der Waals surface area (Å²) in [4.78, 5) is 51.8. The van der Waals surface area contributed by atoms with Crippen molar-refractivity contribution in [2.24, 2.45) is 5.92 Å². The van der Waals surface area contributed by atoms with Gasteiger partial charge in [0.2, 0.25) is 0 Å². The fraction of sp³-hybridized carbons (Fsp3) is 0.267. The molecule has 2 aliphatic rings. The van der Waals surface area contributed by atoms with Crippen LogP contribution in [-0.2, 0) is 32.8 Å². The number of allylic oxidation sites excluding steroid dienone is 2. The Hall–Kier alpha value is -4.53. The van der Waals surface area contributed by atoms with Crippen LogP contribution in [0.4, 0.5) is 4.39 Å². The average Bonchev–Trinajstić information content (AvgIpc) is 3.20. The van der Waals surface area contributed by atoms with Crippen LogP contribution in [0.5, 0.6) is 17.2 Å². The molecule has 1 unspecified atom stereocenters. The van der Waals surface area contributed by atoms with Gasteiger partial charge in [0, 0.05) is 18.7 Å². The molecule has 0 saturated heterocycles. The number of carbonyl (C=O) groups excluding carboxylic acids is 4. The number of aromatic hydroxyl groups is 1. The molecular weight excluding hydrogens is 505 g/mol. The van der Waals surface area contributed by atoms with E-state index in [2.05, 4.69) is 5.32 Å². The quantitative estimate of drug-likeness (QED) is 0.460. The van der Waals surface area contributed by atoms with E-state index in [0.29, 0.717) is 11.8 Å². The molecule has 39 heavy (non-hydrogen) atoms. The van der Waals surface area contributed by atoms with E-state index >= 15 is 0 Å². The maximum Gasteiger partial charge on any atom is 0.259 e. The first-order valence-corrected chi connectivity index (χ1v) is 12.4. The summed E-state index contributed by atoms with van der Waals surface area (Å²) >= 11 is 0. The van der Waals surface area contributed by atoms with Gasteiger partial charge in [-0.15, -0.1) is 0 Å². The fourth-order valence-corrected chi connectivity index (χ4v) is 5.55. The van der Waals surface area contributed by atoms with E-state index in [1.165, 1.54) is 32.2 Å². The summed E-state index contributed by atoms with van der Waals surface area (Å²) in [7, 11) is 1.31. The molecule has 3 aromatic carbocycles. The lowest BCUT2D eigenvalue weighted by Gasteiger charge is -2.30. The van der Waals surface area contributed by atoms with Crippen molar-refractivity contribution < 1.29 is 38.1 Å². The Bertz CT molecular complexity index is 1640. The van der Waals surface area contributed by atoms with Crippen LogP contribution in [0.2, 0.25) is 0 Å². The van der Waals surface area contributed by atoms with Crippen molar-refractivity contribution in [1.82, 2.24) is 5.32 Å². The van der Waals surface area contributed by atoms with E-state index in [9.17, 15) is 28.7 Å². The van der Waals surface area contributed by atoms with Crippen LogP contribution in [0.1, 0.15) is 47.8 Å². The van der Waals surface area contributed by atoms with E-state index in [0.717, 1.165) is 29.5 Å². The van der Waals surface area contributed by atoms with Crippen LogP contribution in [0.15, 0.2) is 48.2 Å². The third-order valence-corrected chi connectivity index (χ3v) is 7.59. The Kier molecular flexibility index (Phi) is 6.25. The van der Waals surface area contributed by atoms with Crippen LogP contribution in [0.3, 0.4) is 0 Å². The van der Waals surface area contributed by atoms with Gasteiger partial charge in [0.25, 0.3) is 5.91 Å². The summed E-state index contributed by atoms with van der Waals surface area (Å²) in [5, 5.41) is 15.2. The normalized spacial score (nSPS) is 19.7. The van der Waals surface area contributed by atoms with Crippen LogP contribution in [0, 0.1) is 11.7 Å². The largest absolute Gasteiger partial charge is 0.507 e. The second-order valence-corrected chi connectivity index (χ2v) is 9.83. The number of ether oxygens (including phenoxy) is 2. The zero-order chi connectivity index (χ0) is 28.2. The van der Waals surface area contributed by atoms with E-state index in [1.807, 2.05) is 19.1 Å². The molecule has 8 nitrogen and oxygen atoms in total. The topological polar surface area (TPSA) is 119 Å². The van der Waals surface area contributed by atoms with Crippen molar-refractivity contribution >= 4 is 34.0 Å². The zero-order valence-corrected chi connectivity index (χ0v) is 21.8. The number of carbonyl (C=O) groups is 4. The number of ketones is 3. The van der Waals surface area contributed by atoms with E-state index in [4.69, 9.17) is 9.47 Å². The summed E-state index contributed by atoms with van der Waals surface area (Å²) in [6.07, 6.45) is 1.72. The SMILES string of the molecule is CCc1ccc2ccc(F)cc2c1CNC(=O)c1c(OC)cc(O)c2c1OC1=CC(=O)C(C(C)=O)C(=O)[C@]12C. The maximum atomic E-state index is 14.1. The van der Waals surface area contributed by atoms with Gasteiger partial charge < -0.3 is 19.9 Å². The molecule has 1 aliphatic carbocycles. The summed E-state index contributed by atoms with van der Waals surface area (Å²) in [5.41, 5.74) is -0.105. The molecule has 0 fully saturated rings. The lowest BCUT2D eigenvalue weighted by Crippen LogP contribution is -2.47. The van der Waals surface area contributed by atoms with Crippen LogP contribution >= 0.6 is 0 Å². The Morgan fingerprint density at radius 3 is 2.56 bits per heavy atom. The van der Waals surface area contributed by atoms with Gasteiger partial charge in [-0.05, 0) is 54.3 Å². The number of aryl methyl sites for hydroxylation is 1. The van der Waals surface area contributed by atoms with Gasteiger partial charge in [-0.1, -0.05) is 25.1 Å². The molecule has 0 saturated carbocycles. The first-order valence-electron chi connectivity index (χ1n) is 12.4. The molecule has 0 aromatic heterocycles. The molecule has 2 N–H and O–H groups in total. The summed E-state index contributed by atoms with van der Waals surface area (Å²) in [6.45, 7) is 4.60. The highest BCUT2D eigenvalue weighted by Gasteiger charge is 2.58. The number of rotatable bonds is 6. The molecule has 0 spiro atoms. The van der Waals surface area contributed by atoms with Crippen molar-refractivity contribution in [1.29, 1.82) is 0 Å². The molecule has 0 radical (unpaired) electrons. The number of phenolic OH excluding ortho intramolecular Hbond substituents is 1. The predicted octanol–water partition coefficient (Wildman–Crippen LogP) is 4.08. The number of Topliss-reactive ketones (excluding diaryl/α,β-unsaturated/α-hetero) is 2. The van der Waals surface area contributed by atoms with Crippen LogP contribution in [0.25, 0.3) is 10.8 Å². The lowest BCUT2D eigenvalue weighted by atomic mass is 9.67. The first kappa shape index (κ1) is 26.1. The van der Waals surface area contributed by atoms with Crippen molar-refractivity contribution in [3.63, 3.8) is 0 Å². The van der Waals surface area contributed by atoms with Crippen molar-refractivity contribution in [2.45, 2.75) is 39.2 Å². The van der Waals surface area contributed by atoms with Crippen molar-refractivity contribution in [3.8, 4) is 17.2 Å². The van der Waals surface area contributed by atoms with Crippen LogP contribution < -0.4 is 14.8 Å². The highest BCUT2D eigenvalue weighted by atomic mass is 19.1. The number of halogens is 1. The molecule has 2 atom stereocenters. The van der Waals surface area contributed by atoms with Gasteiger partial charge in [0.15, 0.2) is 17.3 Å². The zero-order valence-electron chi connectivity index (χ0n) is 21.8. The molecule has 9 heteroatoms. The third kappa shape index (κ3) is 3.88. The van der Waals surface area contributed by atoms with Crippen molar-refractivity contribution in [3.05, 3.63) is 76.3 Å². The Labute approximate surface area is 223 Å². The molecule has 1 amide bonds. The Morgan fingerprint density at radius 1 is 1.18 bits per heavy atom. The predicted molar refractivity (Wildman–Crippen MR) is 139 cm³/mol. The average molecular weight is 532 g/mol. The molecular formula is C30H26FNO7. The Balaban J connectivity index is 1.59. The number of nitrogens with one attached hydrogen (secondary N) is 1. The van der Waals surface area contributed by atoms with E-state index in [-0.39, 0.29) is 40.7 Å². The highest BCUT2D eigenvalue weighted by molar-refractivity contribution is 6.27. The summed E-state index contributed by atoms with van der Waals surface area (Å²) in [5.74, 6) is -5.28. The molecule has 200 valence electrons.